The molecule has 1 N–H and O–H groups in total. The lowest BCUT2D eigenvalue weighted by Gasteiger charge is -2.10. The first-order valence-electron chi connectivity index (χ1n) is 5.69. The topological polar surface area (TPSA) is 102 Å². The number of aromatic nitrogens is 1. The number of benzene rings is 1. The molecule has 0 bridgehead atoms. The Morgan fingerprint density at radius 2 is 2.00 bits per heavy atom. The van der Waals surface area contributed by atoms with E-state index in [1.54, 1.807) is 25.1 Å². The van der Waals surface area contributed by atoms with Crippen LogP contribution in [0, 0.1) is 17.0 Å². The molecule has 21 heavy (non-hydrogen) atoms. The van der Waals surface area contributed by atoms with Gasteiger partial charge in [0.25, 0.3) is 10.0 Å². The zero-order valence-electron chi connectivity index (χ0n) is 10.8. The lowest BCUT2D eigenvalue weighted by molar-refractivity contribution is -0.389. The third-order valence-corrected chi connectivity index (χ3v) is 4.51. The zero-order chi connectivity index (χ0) is 15.6. The molecule has 1 aromatic carbocycles. The van der Waals surface area contributed by atoms with Gasteiger partial charge in [-0.1, -0.05) is 22.0 Å². The average Bonchev–Trinajstić information content (AvgIpc) is 2.43. The number of nitrogens with one attached hydrogen (secondary N) is 1. The molecule has 0 amide bonds. The van der Waals surface area contributed by atoms with E-state index in [2.05, 4.69) is 25.6 Å². The molecule has 0 fully saturated rings. The van der Waals surface area contributed by atoms with E-state index >= 15 is 0 Å². The summed E-state index contributed by atoms with van der Waals surface area (Å²) in [6.45, 7) is 1.76. The number of hydrogen-bond donors (Lipinski definition) is 1. The first-order valence-corrected chi connectivity index (χ1v) is 7.96. The maximum absolute atomic E-state index is 12.2. The Bertz CT molecular complexity index is 791. The summed E-state index contributed by atoms with van der Waals surface area (Å²) in [6, 6.07) is 7.37. The highest BCUT2D eigenvalue weighted by atomic mass is 79.9. The molecular formula is C12H10BrN3O4S. The van der Waals surface area contributed by atoms with E-state index in [4.69, 9.17) is 0 Å². The van der Waals surface area contributed by atoms with Gasteiger partial charge in [0, 0.05) is 10.5 Å². The standard InChI is InChI=1S/C12H10BrN3O4S/c1-8-2-3-9(13)6-11(8)15-21(19,20)10-4-5-12(14-7-10)16(17)18/h2-7,15H,1H3. The van der Waals surface area contributed by atoms with Crippen LogP contribution >= 0.6 is 15.9 Å². The molecule has 2 rings (SSSR count). The Balaban J connectivity index is 2.34. The summed E-state index contributed by atoms with van der Waals surface area (Å²) in [4.78, 5) is 13.2. The summed E-state index contributed by atoms with van der Waals surface area (Å²) in [7, 11) is -3.85. The maximum atomic E-state index is 12.2. The Kier molecular flexibility index (Phi) is 4.24. The van der Waals surface area contributed by atoms with Gasteiger partial charge in [-0.2, -0.15) is 0 Å². The van der Waals surface area contributed by atoms with Crippen molar-refractivity contribution in [2.24, 2.45) is 0 Å². The smallest absolute Gasteiger partial charge is 0.358 e. The number of nitrogens with zero attached hydrogens (tertiary/aromatic N) is 2. The van der Waals surface area contributed by atoms with Crippen LogP contribution in [0.3, 0.4) is 0 Å². The summed E-state index contributed by atoms with van der Waals surface area (Å²) < 4.78 is 27.6. The minimum absolute atomic E-state index is 0.146. The van der Waals surface area contributed by atoms with Crippen LogP contribution in [0.25, 0.3) is 0 Å². The van der Waals surface area contributed by atoms with Crippen LogP contribution in [0.2, 0.25) is 0 Å². The molecule has 0 aliphatic heterocycles. The van der Waals surface area contributed by atoms with Crippen LogP contribution in [0.5, 0.6) is 0 Å². The Hall–Kier alpha value is -2.00. The van der Waals surface area contributed by atoms with Gasteiger partial charge in [0.05, 0.1) is 5.69 Å². The fraction of sp³-hybridized carbons (Fsp3) is 0.0833. The van der Waals surface area contributed by atoms with Gasteiger partial charge in [-0.25, -0.2) is 8.42 Å². The van der Waals surface area contributed by atoms with Crippen molar-refractivity contribution < 1.29 is 13.3 Å². The molecule has 0 saturated carbocycles. The molecule has 1 heterocycles. The van der Waals surface area contributed by atoms with Crippen molar-refractivity contribution in [1.29, 1.82) is 0 Å². The molecule has 0 atom stereocenters. The van der Waals surface area contributed by atoms with Crippen LogP contribution in [-0.2, 0) is 10.0 Å². The Morgan fingerprint density at radius 1 is 1.29 bits per heavy atom. The molecule has 2 aromatic rings. The van der Waals surface area contributed by atoms with Crippen molar-refractivity contribution in [3.05, 3.63) is 56.7 Å². The predicted molar refractivity (Wildman–Crippen MR) is 80.6 cm³/mol. The number of pyridine rings is 1. The Morgan fingerprint density at radius 3 is 2.57 bits per heavy atom. The molecule has 7 nitrogen and oxygen atoms in total. The Labute approximate surface area is 129 Å². The van der Waals surface area contributed by atoms with Crippen molar-refractivity contribution in [2.75, 3.05) is 4.72 Å². The molecule has 0 spiro atoms. The number of sulfonamides is 1. The lowest BCUT2D eigenvalue weighted by atomic mass is 10.2. The van der Waals surface area contributed by atoms with E-state index in [0.717, 1.165) is 28.4 Å². The SMILES string of the molecule is Cc1ccc(Br)cc1NS(=O)(=O)c1ccc([N+](=O)[O-])nc1. The van der Waals surface area contributed by atoms with Gasteiger partial charge in [0.15, 0.2) is 6.20 Å². The van der Waals surface area contributed by atoms with Gasteiger partial charge in [-0.3, -0.25) is 4.72 Å². The fourth-order valence-electron chi connectivity index (χ4n) is 1.55. The third-order valence-electron chi connectivity index (χ3n) is 2.66. The van der Waals surface area contributed by atoms with Gasteiger partial charge in [0.1, 0.15) is 4.90 Å². The minimum atomic E-state index is -3.85. The maximum Gasteiger partial charge on any atom is 0.363 e. The van der Waals surface area contributed by atoms with Crippen LogP contribution in [0.1, 0.15) is 5.56 Å². The number of nitro groups is 1. The molecule has 9 heteroatoms. The average molecular weight is 372 g/mol. The first-order chi connectivity index (χ1) is 9.79. The molecule has 0 radical (unpaired) electrons. The second-order valence-corrected chi connectivity index (χ2v) is 6.77. The van der Waals surface area contributed by atoms with Crippen molar-refractivity contribution >= 4 is 37.5 Å². The molecule has 110 valence electrons. The summed E-state index contributed by atoms with van der Waals surface area (Å²) >= 11 is 3.26. The minimum Gasteiger partial charge on any atom is -0.358 e. The predicted octanol–water partition coefficient (Wildman–Crippen LogP) is 2.86. The van der Waals surface area contributed by atoms with E-state index in [1.165, 1.54) is 0 Å². The van der Waals surface area contributed by atoms with Crippen LogP contribution in [-0.4, -0.2) is 18.3 Å². The molecule has 0 aliphatic rings. The van der Waals surface area contributed by atoms with Crippen molar-refractivity contribution in [3.63, 3.8) is 0 Å². The van der Waals surface area contributed by atoms with Gasteiger partial charge >= 0.3 is 5.82 Å². The number of anilines is 1. The highest BCUT2D eigenvalue weighted by molar-refractivity contribution is 9.10. The summed E-state index contributed by atoms with van der Waals surface area (Å²) in [6.07, 6.45) is 0.952. The van der Waals surface area contributed by atoms with Gasteiger partial charge in [-0.05, 0) is 40.6 Å². The first kappa shape index (κ1) is 15.4. The molecule has 0 saturated heterocycles. The lowest BCUT2D eigenvalue weighted by Crippen LogP contribution is -2.14. The number of rotatable bonds is 4. The second-order valence-electron chi connectivity index (χ2n) is 4.17. The highest BCUT2D eigenvalue weighted by Gasteiger charge is 2.19. The third kappa shape index (κ3) is 3.56. The van der Waals surface area contributed by atoms with Crippen LogP contribution < -0.4 is 4.72 Å². The van der Waals surface area contributed by atoms with E-state index in [-0.39, 0.29) is 4.90 Å². The van der Waals surface area contributed by atoms with Crippen molar-refractivity contribution in [2.45, 2.75) is 11.8 Å². The molecule has 0 unspecified atom stereocenters. The van der Waals surface area contributed by atoms with E-state index < -0.39 is 20.8 Å². The van der Waals surface area contributed by atoms with Crippen LogP contribution in [0.4, 0.5) is 11.5 Å². The monoisotopic (exact) mass is 371 g/mol. The van der Waals surface area contributed by atoms with E-state index in [0.29, 0.717) is 5.69 Å². The van der Waals surface area contributed by atoms with Gasteiger partial charge in [-0.15, -0.1) is 0 Å². The molecule has 1 aromatic heterocycles. The van der Waals surface area contributed by atoms with E-state index in [9.17, 15) is 18.5 Å². The van der Waals surface area contributed by atoms with Crippen molar-refractivity contribution in [1.82, 2.24) is 4.98 Å². The fourth-order valence-corrected chi connectivity index (χ4v) is 2.97. The van der Waals surface area contributed by atoms with Crippen LogP contribution in [0.15, 0.2) is 45.9 Å². The van der Waals surface area contributed by atoms with Crippen molar-refractivity contribution in [3.8, 4) is 0 Å². The number of aryl methyl sites for hydroxylation is 1. The van der Waals surface area contributed by atoms with Gasteiger partial charge in [0.2, 0.25) is 0 Å². The largest absolute Gasteiger partial charge is 0.363 e. The number of halogens is 1. The summed E-state index contributed by atoms with van der Waals surface area (Å²) in [5.41, 5.74) is 1.17. The van der Waals surface area contributed by atoms with E-state index in [1.807, 2.05) is 0 Å². The second kappa shape index (κ2) is 5.78. The normalized spacial score (nSPS) is 11.1. The summed E-state index contributed by atoms with van der Waals surface area (Å²) in [5.74, 6) is -0.410. The summed E-state index contributed by atoms with van der Waals surface area (Å²) in [5, 5.41) is 10.5. The quantitative estimate of drug-likeness (QED) is 0.657. The molecular weight excluding hydrogens is 362 g/mol. The van der Waals surface area contributed by atoms with Gasteiger partial charge < -0.3 is 10.1 Å². The highest BCUT2D eigenvalue weighted by Crippen LogP contribution is 2.23. The molecule has 0 aliphatic carbocycles. The number of hydrogen-bond acceptors (Lipinski definition) is 5. The zero-order valence-corrected chi connectivity index (χ0v) is 13.2.